The molecule has 1 N–H and O–H groups in total. The minimum absolute atomic E-state index is 0.0484. The number of piperidine rings is 1. The topological polar surface area (TPSA) is 69.7 Å². The Morgan fingerprint density at radius 1 is 1.23 bits per heavy atom. The van der Waals surface area contributed by atoms with E-state index in [1.807, 2.05) is 0 Å². The summed E-state index contributed by atoms with van der Waals surface area (Å²) in [5.41, 5.74) is 1.26. The Labute approximate surface area is 161 Å². The summed E-state index contributed by atoms with van der Waals surface area (Å²) >= 11 is 1.79. The summed E-state index contributed by atoms with van der Waals surface area (Å²) in [5, 5.41) is 2.99. The first kappa shape index (κ1) is 21.2. The van der Waals surface area contributed by atoms with Crippen LogP contribution in [0.1, 0.15) is 24.8 Å². The number of hydrogen-bond acceptors (Lipinski definition) is 4. The molecular weight excluding hydrogens is 370 g/mol. The van der Waals surface area contributed by atoms with Gasteiger partial charge in [-0.2, -0.15) is 17.0 Å². The van der Waals surface area contributed by atoms with Crippen molar-refractivity contribution in [2.24, 2.45) is 5.92 Å². The van der Waals surface area contributed by atoms with E-state index in [1.165, 1.54) is 33.2 Å². The number of hydrogen-bond donors (Lipinski definition) is 1. The molecule has 0 radical (unpaired) electrons. The number of carbonyl (C=O) groups is 1. The quantitative estimate of drug-likeness (QED) is 0.537. The fourth-order valence-corrected chi connectivity index (χ4v) is 4.82. The van der Waals surface area contributed by atoms with Gasteiger partial charge in [0.05, 0.1) is 0 Å². The molecule has 1 fully saturated rings. The van der Waals surface area contributed by atoms with Crippen molar-refractivity contribution in [2.45, 2.75) is 31.1 Å². The standard InChI is InChI=1S/C18H29N3O3S2/c1-15-5-7-17(8-6-15)25-14-4-11-19-18(22)16-9-12-21(13-10-16)26(23,24)20(2)3/h5-8,16H,4,9-14H2,1-3H3,(H,19,22). The molecule has 0 bridgehead atoms. The molecule has 2 rings (SSSR count). The van der Waals surface area contributed by atoms with Crippen molar-refractivity contribution in [3.8, 4) is 0 Å². The van der Waals surface area contributed by atoms with Gasteiger partial charge in [-0.05, 0) is 44.1 Å². The predicted octanol–water partition coefficient (Wildman–Crippen LogP) is 2.11. The first-order valence-corrected chi connectivity index (χ1v) is 11.3. The van der Waals surface area contributed by atoms with Crippen molar-refractivity contribution in [2.75, 3.05) is 39.5 Å². The van der Waals surface area contributed by atoms with Gasteiger partial charge in [-0.25, -0.2) is 0 Å². The summed E-state index contributed by atoms with van der Waals surface area (Å²) in [6, 6.07) is 8.45. The molecule has 26 heavy (non-hydrogen) atoms. The Kier molecular flexibility index (Phi) is 7.94. The van der Waals surface area contributed by atoms with Gasteiger partial charge in [0, 0.05) is 44.5 Å². The van der Waals surface area contributed by atoms with Gasteiger partial charge in [0.1, 0.15) is 0 Å². The van der Waals surface area contributed by atoms with Gasteiger partial charge in [0.2, 0.25) is 5.91 Å². The number of aryl methyl sites for hydroxylation is 1. The van der Waals surface area contributed by atoms with E-state index >= 15 is 0 Å². The van der Waals surface area contributed by atoms with E-state index in [9.17, 15) is 13.2 Å². The molecular formula is C18H29N3O3S2. The van der Waals surface area contributed by atoms with Crippen LogP contribution in [0.4, 0.5) is 0 Å². The van der Waals surface area contributed by atoms with E-state index in [4.69, 9.17) is 0 Å². The first-order valence-electron chi connectivity index (χ1n) is 8.95. The molecule has 1 aromatic carbocycles. The number of carbonyl (C=O) groups excluding carboxylic acids is 1. The van der Waals surface area contributed by atoms with Crippen molar-refractivity contribution < 1.29 is 13.2 Å². The third-order valence-electron chi connectivity index (χ3n) is 4.52. The van der Waals surface area contributed by atoms with Crippen LogP contribution < -0.4 is 5.32 Å². The van der Waals surface area contributed by atoms with Gasteiger partial charge < -0.3 is 5.32 Å². The molecule has 0 atom stereocenters. The third kappa shape index (κ3) is 5.97. The van der Waals surface area contributed by atoms with E-state index in [-0.39, 0.29) is 11.8 Å². The number of nitrogens with one attached hydrogen (secondary N) is 1. The normalized spacial score (nSPS) is 16.8. The lowest BCUT2D eigenvalue weighted by Crippen LogP contribution is -2.46. The summed E-state index contributed by atoms with van der Waals surface area (Å²) in [6.45, 7) is 3.54. The van der Waals surface area contributed by atoms with E-state index in [0.717, 1.165) is 12.2 Å². The minimum atomic E-state index is -3.37. The third-order valence-corrected chi connectivity index (χ3v) is 7.56. The molecule has 0 saturated carbocycles. The lowest BCUT2D eigenvalue weighted by Gasteiger charge is -2.32. The van der Waals surface area contributed by atoms with Crippen LogP contribution in [-0.4, -0.2) is 62.4 Å². The van der Waals surface area contributed by atoms with Gasteiger partial charge >= 0.3 is 0 Å². The molecule has 1 aromatic rings. The molecule has 1 amide bonds. The SMILES string of the molecule is Cc1ccc(SCCCNC(=O)C2CCN(S(=O)(=O)N(C)C)CC2)cc1. The number of nitrogens with zero attached hydrogens (tertiary/aromatic N) is 2. The summed E-state index contributed by atoms with van der Waals surface area (Å²) in [5.74, 6) is 0.920. The molecule has 0 aliphatic carbocycles. The Balaban J connectivity index is 1.64. The van der Waals surface area contributed by atoms with Crippen molar-refractivity contribution >= 4 is 27.9 Å². The van der Waals surface area contributed by atoms with Crippen molar-refractivity contribution in [3.05, 3.63) is 29.8 Å². The van der Waals surface area contributed by atoms with Crippen LogP contribution in [0.25, 0.3) is 0 Å². The monoisotopic (exact) mass is 399 g/mol. The second kappa shape index (κ2) is 9.73. The van der Waals surface area contributed by atoms with Crippen LogP contribution in [0.3, 0.4) is 0 Å². The number of benzene rings is 1. The molecule has 1 aliphatic heterocycles. The van der Waals surface area contributed by atoms with E-state index < -0.39 is 10.2 Å². The zero-order valence-corrected chi connectivity index (χ0v) is 17.4. The van der Waals surface area contributed by atoms with E-state index in [1.54, 1.807) is 11.8 Å². The largest absolute Gasteiger partial charge is 0.356 e. The maximum absolute atomic E-state index is 12.3. The van der Waals surface area contributed by atoms with Crippen molar-refractivity contribution in [1.29, 1.82) is 0 Å². The lowest BCUT2D eigenvalue weighted by molar-refractivity contribution is -0.126. The number of rotatable bonds is 8. The lowest BCUT2D eigenvalue weighted by atomic mass is 9.97. The van der Waals surface area contributed by atoms with E-state index in [0.29, 0.717) is 32.5 Å². The zero-order chi connectivity index (χ0) is 19.2. The fraction of sp³-hybridized carbons (Fsp3) is 0.611. The van der Waals surface area contributed by atoms with Crippen LogP contribution in [0, 0.1) is 12.8 Å². The van der Waals surface area contributed by atoms with Crippen LogP contribution in [0.15, 0.2) is 29.2 Å². The Morgan fingerprint density at radius 2 is 1.85 bits per heavy atom. The Hall–Kier alpha value is -1.09. The molecule has 0 spiro atoms. The van der Waals surface area contributed by atoms with Gasteiger partial charge in [0.15, 0.2) is 0 Å². The highest BCUT2D eigenvalue weighted by Gasteiger charge is 2.31. The number of amides is 1. The first-order chi connectivity index (χ1) is 12.3. The van der Waals surface area contributed by atoms with E-state index in [2.05, 4.69) is 36.5 Å². The van der Waals surface area contributed by atoms with Gasteiger partial charge in [-0.15, -0.1) is 11.8 Å². The fourth-order valence-electron chi connectivity index (χ4n) is 2.83. The Bertz CT molecular complexity index is 682. The average molecular weight is 400 g/mol. The maximum Gasteiger partial charge on any atom is 0.281 e. The van der Waals surface area contributed by atoms with Gasteiger partial charge in [0.25, 0.3) is 10.2 Å². The molecule has 1 saturated heterocycles. The highest BCUT2D eigenvalue weighted by Crippen LogP contribution is 2.21. The maximum atomic E-state index is 12.3. The molecule has 0 aromatic heterocycles. The molecule has 146 valence electrons. The molecule has 1 heterocycles. The molecule has 1 aliphatic rings. The highest BCUT2D eigenvalue weighted by molar-refractivity contribution is 7.99. The number of thioether (sulfide) groups is 1. The molecule has 6 nitrogen and oxygen atoms in total. The summed E-state index contributed by atoms with van der Waals surface area (Å²) < 4.78 is 26.9. The van der Waals surface area contributed by atoms with Crippen LogP contribution in [0.5, 0.6) is 0 Å². The van der Waals surface area contributed by atoms with Crippen LogP contribution in [0.2, 0.25) is 0 Å². The summed E-state index contributed by atoms with van der Waals surface area (Å²) in [6.07, 6.45) is 2.08. The van der Waals surface area contributed by atoms with Crippen LogP contribution >= 0.6 is 11.8 Å². The van der Waals surface area contributed by atoms with Gasteiger partial charge in [-0.3, -0.25) is 4.79 Å². The summed E-state index contributed by atoms with van der Waals surface area (Å²) in [4.78, 5) is 13.5. The second-order valence-electron chi connectivity index (χ2n) is 6.77. The smallest absolute Gasteiger partial charge is 0.281 e. The highest BCUT2D eigenvalue weighted by atomic mass is 32.2. The minimum Gasteiger partial charge on any atom is -0.356 e. The molecule has 0 unspecified atom stereocenters. The average Bonchev–Trinajstić information content (AvgIpc) is 2.62. The zero-order valence-electron chi connectivity index (χ0n) is 15.8. The van der Waals surface area contributed by atoms with Crippen molar-refractivity contribution in [1.82, 2.24) is 13.9 Å². The predicted molar refractivity (Wildman–Crippen MR) is 106 cm³/mol. The second-order valence-corrected chi connectivity index (χ2v) is 10.1. The van der Waals surface area contributed by atoms with Crippen LogP contribution in [-0.2, 0) is 15.0 Å². The molecule has 8 heteroatoms. The van der Waals surface area contributed by atoms with Gasteiger partial charge in [-0.1, -0.05) is 17.7 Å². The summed E-state index contributed by atoms with van der Waals surface area (Å²) in [7, 11) is -0.309. The van der Waals surface area contributed by atoms with Crippen molar-refractivity contribution in [3.63, 3.8) is 0 Å². The Morgan fingerprint density at radius 3 is 2.42 bits per heavy atom.